The predicted molar refractivity (Wildman–Crippen MR) is 78.5 cm³/mol. The average Bonchev–Trinajstić information content (AvgIpc) is 3.25. The lowest BCUT2D eigenvalue weighted by atomic mass is 9.96. The van der Waals surface area contributed by atoms with Crippen LogP contribution in [-0.2, 0) is 4.79 Å². The number of anilines is 1. The van der Waals surface area contributed by atoms with E-state index in [1.54, 1.807) is 19.1 Å². The van der Waals surface area contributed by atoms with Gasteiger partial charge in [0, 0.05) is 12.1 Å². The van der Waals surface area contributed by atoms with Crippen LogP contribution in [0.4, 0.5) is 5.69 Å². The van der Waals surface area contributed by atoms with Gasteiger partial charge in [-0.25, -0.2) is 0 Å². The molecule has 1 aromatic carbocycles. The Labute approximate surface area is 123 Å². The van der Waals surface area contributed by atoms with E-state index in [9.17, 15) is 4.79 Å². The quantitative estimate of drug-likeness (QED) is 0.875. The molecule has 20 heavy (non-hydrogen) atoms. The zero-order valence-electron chi connectivity index (χ0n) is 11.8. The van der Waals surface area contributed by atoms with Crippen LogP contribution in [0.15, 0.2) is 12.1 Å². The van der Waals surface area contributed by atoms with Crippen molar-refractivity contribution in [3.05, 3.63) is 17.2 Å². The zero-order valence-corrected chi connectivity index (χ0v) is 12.6. The van der Waals surface area contributed by atoms with Gasteiger partial charge in [-0.15, -0.1) is 0 Å². The molecule has 2 rings (SSSR count). The van der Waals surface area contributed by atoms with E-state index in [1.807, 2.05) is 0 Å². The van der Waals surface area contributed by atoms with Crippen molar-refractivity contribution >= 4 is 23.2 Å². The third-order valence-electron chi connectivity index (χ3n) is 3.64. The standard InChI is InChI=1S/C14H19ClN2O3/c1-14(16,8-4-5-8)13(18)17-10-7-12(20-3)11(19-2)6-9(10)15/h6-8H,4-5,16H2,1-3H3,(H,17,18). The van der Waals surface area contributed by atoms with Gasteiger partial charge in [-0.2, -0.15) is 0 Å². The molecular formula is C14H19ClN2O3. The van der Waals surface area contributed by atoms with Gasteiger partial charge in [-0.1, -0.05) is 11.6 Å². The van der Waals surface area contributed by atoms with Crippen molar-refractivity contribution in [1.29, 1.82) is 0 Å². The number of carbonyl (C=O) groups excluding carboxylic acids is 1. The van der Waals surface area contributed by atoms with Crippen molar-refractivity contribution in [1.82, 2.24) is 0 Å². The number of nitrogens with one attached hydrogen (secondary N) is 1. The maximum Gasteiger partial charge on any atom is 0.244 e. The van der Waals surface area contributed by atoms with E-state index in [-0.39, 0.29) is 11.8 Å². The molecule has 0 saturated heterocycles. The van der Waals surface area contributed by atoms with Crippen LogP contribution in [-0.4, -0.2) is 25.7 Å². The molecule has 0 aliphatic heterocycles. The minimum absolute atomic E-state index is 0.237. The van der Waals surface area contributed by atoms with Crippen LogP contribution in [0.25, 0.3) is 0 Å². The summed E-state index contributed by atoms with van der Waals surface area (Å²) in [6, 6.07) is 3.23. The number of nitrogens with two attached hydrogens (primary N) is 1. The first-order chi connectivity index (χ1) is 9.40. The summed E-state index contributed by atoms with van der Waals surface area (Å²) in [5, 5.41) is 3.14. The molecule has 1 amide bonds. The van der Waals surface area contributed by atoms with Gasteiger partial charge in [0.1, 0.15) is 0 Å². The summed E-state index contributed by atoms with van der Waals surface area (Å²) >= 11 is 6.14. The monoisotopic (exact) mass is 298 g/mol. The Morgan fingerprint density at radius 1 is 1.35 bits per heavy atom. The first-order valence-electron chi connectivity index (χ1n) is 6.42. The second-order valence-electron chi connectivity index (χ2n) is 5.20. The molecule has 1 fully saturated rings. The SMILES string of the molecule is COc1cc(Cl)c(NC(=O)C(C)(N)C2CC2)cc1OC. The molecule has 1 aliphatic rings. The lowest BCUT2D eigenvalue weighted by molar-refractivity contribution is -0.121. The molecule has 1 aliphatic carbocycles. The molecule has 6 heteroatoms. The Morgan fingerprint density at radius 3 is 2.40 bits per heavy atom. The Kier molecular flexibility index (Phi) is 4.11. The van der Waals surface area contributed by atoms with Crippen molar-refractivity contribution in [3.63, 3.8) is 0 Å². The molecule has 1 unspecified atom stereocenters. The van der Waals surface area contributed by atoms with Gasteiger partial charge in [0.2, 0.25) is 5.91 Å². The summed E-state index contributed by atoms with van der Waals surface area (Å²) in [6.45, 7) is 1.74. The molecule has 0 radical (unpaired) electrons. The molecular weight excluding hydrogens is 280 g/mol. The van der Waals surface area contributed by atoms with Crippen molar-refractivity contribution < 1.29 is 14.3 Å². The summed E-state index contributed by atoms with van der Waals surface area (Å²) < 4.78 is 10.3. The van der Waals surface area contributed by atoms with Crippen LogP contribution in [0, 0.1) is 5.92 Å². The second kappa shape index (κ2) is 5.50. The maximum absolute atomic E-state index is 12.3. The lowest BCUT2D eigenvalue weighted by Crippen LogP contribution is -2.50. The third kappa shape index (κ3) is 2.83. The van der Waals surface area contributed by atoms with Crippen LogP contribution in [0.5, 0.6) is 11.5 Å². The van der Waals surface area contributed by atoms with E-state index in [0.717, 1.165) is 12.8 Å². The summed E-state index contributed by atoms with van der Waals surface area (Å²) in [6.07, 6.45) is 1.97. The Hall–Kier alpha value is -1.46. The lowest BCUT2D eigenvalue weighted by Gasteiger charge is -2.23. The van der Waals surface area contributed by atoms with Crippen LogP contribution < -0.4 is 20.5 Å². The minimum Gasteiger partial charge on any atom is -0.493 e. The Balaban J connectivity index is 2.22. The summed E-state index contributed by atoms with van der Waals surface area (Å²) in [5.74, 6) is 1.00. The molecule has 1 atom stereocenters. The van der Waals surface area contributed by atoms with Gasteiger partial charge < -0.3 is 20.5 Å². The number of benzene rings is 1. The first kappa shape index (κ1) is 14.9. The summed E-state index contributed by atoms with van der Waals surface area (Å²) in [4.78, 5) is 12.3. The van der Waals surface area contributed by atoms with Crippen molar-refractivity contribution in [3.8, 4) is 11.5 Å². The molecule has 110 valence electrons. The van der Waals surface area contributed by atoms with Gasteiger partial charge in [0.05, 0.1) is 30.5 Å². The van der Waals surface area contributed by atoms with Crippen LogP contribution in [0.3, 0.4) is 0 Å². The molecule has 1 aromatic rings. The van der Waals surface area contributed by atoms with Gasteiger partial charge in [-0.05, 0) is 25.7 Å². The van der Waals surface area contributed by atoms with Crippen molar-refractivity contribution in [2.24, 2.45) is 11.7 Å². The van der Waals surface area contributed by atoms with E-state index in [4.69, 9.17) is 26.8 Å². The fourth-order valence-electron chi connectivity index (χ4n) is 2.08. The van der Waals surface area contributed by atoms with Gasteiger partial charge in [0.25, 0.3) is 0 Å². The van der Waals surface area contributed by atoms with Crippen LogP contribution >= 0.6 is 11.6 Å². The minimum atomic E-state index is -0.878. The fraction of sp³-hybridized carbons (Fsp3) is 0.500. The maximum atomic E-state index is 12.3. The fourth-order valence-corrected chi connectivity index (χ4v) is 2.28. The van der Waals surface area contributed by atoms with E-state index in [0.29, 0.717) is 22.2 Å². The number of ether oxygens (including phenoxy) is 2. The highest BCUT2D eigenvalue weighted by Crippen LogP contribution is 2.40. The average molecular weight is 299 g/mol. The highest BCUT2D eigenvalue weighted by atomic mass is 35.5. The first-order valence-corrected chi connectivity index (χ1v) is 6.79. The molecule has 0 bridgehead atoms. The van der Waals surface area contributed by atoms with Crippen LogP contribution in [0.2, 0.25) is 5.02 Å². The number of hydrogen-bond acceptors (Lipinski definition) is 4. The van der Waals surface area contributed by atoms with Gasteiger partial charge in [-0.3, -0.25) is 4.79 Å². The largest absolute Gasteiger partial charge is 0.493 e. The van der Waals surface area contributed by atoms with Gasteiger partial charge >= 0.3 is 0 Å². The van der Waals surface area contributed by atoms with E-state index in [1.165, 1.54) is 14.2 Å². The Morgan fingerprint density at radius 2 is 1.90 bits per heavy atom. The second-order valence-corrected chi connectivity index (χ2v) is 5.61. The summed E-state index contributed by atoms with van der Waals surface area (Å²) in [5.41, 5.74) is 5.67. The molecule has 3 N–H and O–H groups in total. The van der Waals surface area contributed by atoms with Crippen LogP contribution in [0.1, 0.15) is 19.8 Å². The van der Waals surface area contributed by atoms with Crippen molar-refractivity contribution in [2.45, 2.75) is 25.3 Å². The highest BCUT2D eigenvalue weighted by Gasteiger charge is 2.44. The molecule has 0 spiro atoms. The van der Waals surface area contributed by atoms with E-state index >= 15 is 0 Å². The zero-order chi connectivity index (χ0) is 14.9. The normalized spacial score (nSPS) is 17.2. The predicted octanol–water partition coefficient (Wildman–Crippen LogP) is 2.42. The smallest absolute Gasteiger partial charge is 0.244 e. The number of rotatable bonds is 5. The number of halogens is 1. The molecule has 0 aromatic heterocycles. The third-order valence-corrected chi connectivity index (χ3v) is 3.95. The van der Waals surface area contributed by atoms with Crippen molar-refractivity contribution in [2.75, 3.05) is 19.5 Å². The Bertz CT molecular complexity index is 527. The topological polar surface area (TPSA) is 73.6 Å². The molecule has 5 nitrogen and oxygen atoms in total. The van der Waals surface area contributed by atoms with E-state index in [2.05, 4.69) is 5.32 Å². The molecule has 1 saturated carbocycles. The van der Waals surface area contributed by atoms with Gasteiger partial charge in [0.15, 0.2) is 11.5 Å². The van der Waals surface area contributed by atoms with E-state index < -0.39 is 5.54 Å². The number of amides is 1. The number of methoxy groups -OCH3 is 2. The summed E-state index contributed by atoms with van der Waals surface area (Å²) in [7, 11) is 3.05. The molecule has 0 heterocycles. The number of carbonyl (C=O) groups is 1. The number of hydrogen-bond donors (Lipinski definition) is 2. The highest BCUT2D eigenvalue weighted by molar-refractivity contribution is 6.34.